The molecule has 0 bridgehead atoms. The van der Waals surface area contributed by atoms with Crippen LogP contribution in [0.3, 0.4) is 0 Å². The highest BCUT2D eigenvalue weighted by Crippen LogP contribution is 2.29. The molecule has 0 spiro atoms. The van der Waals surface area contributed by atoms with Crippen LogP contribution in [0.5, 0.6) is 35.0 Å². The first-order chi connectivity index (χ1) is 24.6. The molecule has 0 N–H and O–H groups in total. The molecule has 6 aromatic rings. The van der Waals surface area contributed by atoms with Crippen LogP contribution >= 0.6 is 23.2 Å². The SMILES string of the molecule is CCOC(=O)C(C)Oc1ccc(Oc2cnc3cc(Cl)ccc3n2)cc1.CCOC(=O)C(C)Oc1ccc(Oc2nc3ccc(Cl)cc3o2)cc1. The Balaban J connectivity index is 0.000000198. The first-order valence-corrected chi connectivity index (χ1v) is 16.6. The minimum atomic E-state index is -0.687. The Morgan fingerprint density at radius 1 is 0.647 bits per heavy atom. The van der Waals surface area contributed by atoms with E-state index in [2.05, 4.69) is 15.0 Å². The van der Waals surface area contributed by atoms with Crippen molar-refractivity contribution >= 4 is 57.3 Å². The van der Waals surface area contributed by atoms with E-state index in [4.69, 9.17) is 56.0 Å². The van der Waals surface area contributed by atoms with E-state index in [9.17, 15) is 9.59 Å². The van der Waals surface area contributed by atoms with Gasteiger partial charge >= 0.3 is 18.0 Å². The van der Waals surface area contributed by atoms with Crippen molar-refractivity contribution in [3.05, 3.63) is 101 Å². The number of oxazole rings is 1. The number of fused-ring (bicyclic) bond motifs is 2. The summed E-state index contributed by atoms with van der Waals surface area (Å²) in [5, 5.41) is 1.17. The van der Waals surface area contributed by atoms with Crippen molar-refractivity contribution in [1.29, 1.82) is 0 Å². The van der Waals surface area contributed by atoms with Gasteiger partial charge in [0, 0.05) is 16.1 Å². The molecule has 4 aromatic carbocycles. The molecule has 14 heteroatoms. The molecule has 0 aliphatic carbocycles. The highest BCUT2D eigenvalue weighted by molar-refractivity contribution is 6.31. The summed E-state index contributed by atoms with van der Waals surface area (Å²) in [6.45, 7) is 7.40. The number of aromatic nitrogens is 3. The third-order valence-corrected chi connectivity index (χ3v) is 7.22. The number of ether oxygens (including phenoxy) is 6. The number of rotatable bonds is 12. The average molecular weight is 735 g/mol. The average Bonchev–Trinajstić information content (AvgIpc) is 3.51. The van der Waals surface area contributed by atoms with Crippen molar-refractivity contribution in [1.82, 2.24) is 15.0 Å². The lowest BCUT2D eigenvalue weighted by atomic mass is 10.3. The van der Waals surface area contributed by atoms with Crippen LogP contribution in [0.1, 0.15) is 27.7 Å². The maximum Gasteiger partial charge on any atom is 0.400 e. The summed E-state index contributed by atoms with van der Waals surface area (Å²) in [6.07, 6.45) is 0.283. The molecular weight excluding hydrogens is 701 g/mol. The Morgan fingerprint density at radius 3 is 1.73 bits per heavy atom. The quantitative estimate of drug-likeness (QED) is 0.111. The van der Waals surface area contributed by atoms with Gasteiger partial charge in [-0.2, -0.15) is 4.98 Å². The van der Waals surface area contributed by atoms with Gasteiger partial charge in [-0.25, -0.2) is 19.6 Å². The van der Waals surface area contributed by atoms with Gasteiger partial charge in [0.2, 0.25) is 5.88 Å². The maximum absolute atomic E-state index is 11.6. The zero-order valence-corrected chi connectivity index (χ0v) is 29.5. The number of carbonyl (C=O) groups excluding carboxylic acids is 2. The van der Waals surface area contributed by atoms with E-state index in [1.165, 1.54) is 6.20 Å². The van der Waals surface area contributed by atoms with Crippen molar-refractivity contribution in [2.45, 2.75) is 39.9 Å². The number of carbonyl (C=O) groups is 2. The second-order valence-corrected chi connectivity index (χ2v) is 11.5. The van der Waals surface area contributed by atoms with Gasteiger partial charge in [-0.3, -0.25) is 0 Å². The van der Waals surface area contributed by atoms with Crippen LogP contribution in [0.4, 0.5) is 0 Å². The fourth-order valence-corrected chi connectivity index (χ4v) is 4.68. The standard InChI is InChI=1S/C19H17ClN2O4.C18H16ClNO5/c1-3-24-19(23)12(2)25-14-5-7-15(8-6-14)26-18-11-21-17-10-13(20)4-9-16(17)22-18;1-3-22-17(21)11(2)23-13-5-7-14(8-6-13)24-18-20-15-9-4-12(19)10-16(15)25-18/h4-12H,3H2,1-2H3;4-11H,3H2,1-2H3. The number of benzene rings is 4. The molecule has 0 fully saturated rings. The number of hydrogen-bond acceptors (Lipinski definition) is 12. The first-order valence-electron chi connectivity index (χ1n) is 15.8. The maximum atomic E-state index is 11.6. The molecular formula is C37H33Cl2N3O9. The lowest BCUT2D eigenvalue weighted by Gasteiger charge is -2.13. The number of halogens is 2. The topological polar surface area (TPSA) is 141 Å². The number of nitrogens with zero attached hydrogens (tertiary/aromatic N) is 3. The second-order valence-electron chi connectivity index (χ2n) is 10.6. The Bertz CT molecular complexity index is 2090. The molecule has 0 saturated carbocycles. The predicted octanol–water partition coefficient (Wildman–Crippen LogP) is 9.01. The van der Waals surface area contributed by atoms with Crippen LogP contribution < -0.4 is 18.9 Å². The first kappa shape index (κ1) is 36.7. The van der Waals surface area contributed by atoms with E-state index in [0.29, 0.717) is 74.3 Å². The van der Waals surface area contributed by atoms with Crippen LogP contribution in [0, 0.1) is 0 Å². The number of hydrogen-bond donors (Lipinski definition) is 0. The van der Waals surface area contributed by atoms with Crippen molar-refractivity contribution in [2.75, 3.05) is 13.2 Å². The van der Waals surface area contributed by atoms with Crippen LogP contribution in [-0.4, -0.2) is 52.3 Å². The molecule has 0 saturated heterocycles. The highest BCUT2D eigenvalue weighted by atomic mass is 35.5. The molecule has 264 valence electrons. The van der Waals surface area contributed by atoms with Crippen molar-refractivity contribution in [3.8, 4) is 35.0 Å². The van der Waals surface area contributed by atoms with Gasteiger partial charge in [-0.05, 0) is 107 Å². The van der Waals surface area contributed by atoms with E-state index in [-0.39, 0.29) is 6.08 Å². The van der Waals surface area contributed by atoms with E-state index in [1.807, 2.05) is 0 Å². The summed E-state index contributed by atoms with van der Waals surface area (Å²) >= 11 is 11.8. The summed E-state index contributed by atoms with van der Waals surface area (Å²) in [4.78, 5) is 36.0. The Labute approximate surface area is 303 Å². The molecule has 0 radical (unpaired) electrons. The molecule has 2 heterocycles. The monoisotopic (exact) mass is 733 g/mol. The largest absolute Gasteiger partial charge is 0.479 e. The molecule has 2 atom stereocenters. The molecule has 2 aromatic heterocycles. The van der Waals surface area contributed by atoms with E-state index >= 15 is 0 Å². The third kappa shape index (κ3) is 10.5. The van der Waals surface area contributed by atoms with Gasteiger partial charge in [0.1, 0.15) is 28.5 Å². The van der Waals surface area contributed by atoms with E-state index in [0.717, 1.165) is 0 Å². The van der Waals surface area contributed by atoms with Crippen LogP contribution in [0.2, 0.25) is 10.0 Å². The summed E-state index contributed by atoms with van der Waals surface area (Å²) < 4.78 is 37.6. The van der Waals surface area contributed by atoms with Gasteiger partial charge in [-0.15, -0.1) is 0 Å². The smallest absolute Gasteiger partial charge is 0.400 e. The normalized spacial score (nSPS) is 11.9. The van der Waals surface area contributed by atoms with Crippen LogP contribution in [0.25, 0.3) is 22.1 Å². The Kier molecular flexibility index (Phi) is 12.5. The summed E-state index contributed by atoms with van der Waals surface area (Å²) in [5.74, 6) is 1.72. The molecule has 0 aliphatic rings. The van der Waals surface area contributed by atoms with E-state index < -0.39 is 24.1 Å². The van der Waals surface area contributed by atoms with Gasteiger partial charge in [-0.1, -0.05) is 23.2 Å². The highest BCUT2D eigenvalue weighted by Gasteiger charge is 2.17. The zero-order valence-electron chi connectivity index (χ0n) is 28.0. The van der Waals surface area contributed by atoms with Gasteiger partial charge in [0.05, 0.1) is 30.4 Å². The van der Waals surface area contributed by atoms with Gasteiger partial charge < -0.3 is 32.8 Å². The van der Waals surface area contributed by atoms with Crippen molar-refractivity contribution in [3.63, 3.8) is 0 Å². The van der Waals surface area contributed by atoms with Crippen molar-refractivity contribution in [2.24, 2.45) is 0 Å². The molecule has 12 nitrogen and oxygen atoms in total. The van der Waals surface area contributed by atoms with Crippen molar-refractivity contribution < 1.29 is 42.4 Å². The number of esters is 2. The zero-order chi connectivity index (χ0) is 36.3. The molecule has 2 unspecified atom stereocenters. The molecule has 6 rings (SSSR count). The predicted molar refractivity (Wildman–Crippen MR) is 190 cm³/mol. The molecule has 0 amide bonds. The summed E-state index contributed by atoms with van der Waals surface area (Å²) in [6, 6.07) is 24.0. The fraction of sp³-hybridized carbons (Fsp3) is 0.216. The lowest BCUT2D eigenvalue weighted by Crippen LogP contribution is -2.25. The van der Waals surface area contributed by atoms with Crippen LogP contribution in [0.15, 0.2) is 95.5 Å². The Hall–Kier alpha value is -5.59. The van der Waals surface area contributed by atoms with Crippen LogP contribution in [-0.2, 0) is 19.1 Å². The Morgan fingerprint density at radius 2 is 1.16 bits per heavy atom. The molecule has 51 heavy (non-hydrogen) atoms. The van der Waals surface area contributed by atoms with Gasteiger partial charge in [0.25, 0.3) is 0 Å². The van der Waals surface area contributed by atoms with Gasteiger partial charge in [0.15, 0.2) is 17.8 Å². The van der Waals surface area contributed by atoms with E-state index in [1.54, 1.807) is 113 Å². The fourth-order valence-electron chi connectivity index (χ4n) is 4.35. The lowest BCUT2D eigenvalue weighted by molar-refractivity contribution is -0.151. The second kappa shape index (κ2) is 17.4. The minimum Gasteiger partial charge on any atom is -0.479 e. The minimum absolute atomic E-state index is 0.117. The summed E-state index contributed by atoms with van der Waals surface area (Å²) in [7, 11) is 0. The summed E-state index contributed by atoms with van der Waals surface area (Å²) in [5.41, 5.74) is 2.59. The third-order valence-electron chi connectivity index (χ3n) is 6.75. The molecule has 0 aliphatic heterocycles.